The van der Waals surface area contributed by atoms with Gasteiger partial charge in [0.25, 0.3) is 0 Å². The van der Waals surface area contributed by atoms with Gasteiger partial charge in [0.05, 0.1) is 12.7 Å². The van der Waals surface area contributed by atoms with Crippen molar-refractivity contribution in [3.63, 3.8) is 0 Å². The molecular formula is C39H31ClN8. The van der Waals surface area contributed by atoms with Gasteiger partial charge in [0.15, 0.2) is 11.5 Å². The predicted molar refractivity (Wildman–Crippen MR) is 188 cm³/mol. The fourth-order valence-corrected chi connectivity index (χ4v) is 6.95. The van der Waals surface area contributed by atoms with E-state index in [4.69, 9.17) is 21.9 Å². The quantitative estimate of drug-likeness (QED) is 0.149. The summed E-state index contributed by atoms with van der Waals surface area (Å²) < 4.78 is 5.71. The van der Waals surface area contributed by atoms with Crippen LogP contribution in [0.5, 0.6) is 0 Å². The minimum atomic E-state index is -0.846. The summed E-state index contributed by atoms with van der Waals surface area (Å²) in [5.41, 5.74) is 7.25. The maximum absolute atomic E-state index is 6.49. The van der Waals surface area contributed by atoms with Crippen molar-refractivity contribution in [2.75, 3.05) is 0 Å². The molecule has 0 bridgehead atoms. The van der Waals surface area contributed by atoms with Gasteiger partial charge < -0.3 is 4.57 Å². The highest BCUT2D eigenvalue weighted by molar-refractivity contribution is 6.33. The fourth-order valence-electron chi connectivity index (χ4n) is 6.72. The average Bonchev–Trinajstić information content (AvgIpc) is 3.88. The lowest BCUT2D eigenvalue weighted by molar-refractivity contribution is 0.451. The van der Waals surface area contributed by atoms with E-state index in [1.807, 2.05) is 28.9 Å². The molecule has 0 N–H and O–H groups in total. The number of halogens is 1. The second-order valence-corrected chi connectivity index (χ2v) is 12.0. The minimum absolute atomic E-state index is 0.586. The molecule has 0 aliphatic carbocycles. The first-order valence-electron chi connectivity index (χ1n) is 15.9. The number of fused-ring (bicyclic) bond motifs is 1. The van der Waals surface area contributed by atoms with Gasteiger partial charge in [-0.15, -0.1) is 14.8 Å². The highest BCUT2D eigenvalue weighted by atomic mass is 35.5. The maximum atomic E-state index is 6.49. The van der Waals surface area contributed by atoms with Crippen molar-refractivity contribution in [3.8, 4) is 22.5 Å². The van der Waals surface area contributed by atoms with Crippen molar-refractivity contribution < 1.29 is 0 Å². The molecule has 0 aliphatic rings. The smallest absolute Gasteiger partial charge is 0.184 e. The zero-order valence-corrected chi connectivity index (χ0v) is 27.0. The Kier molecular flexibility index (Phi) is 7.62. The molecule has 8 rings (SSSR count). The fraction of sp³-hybridized carbons (Fsp3) is 0.103. The van der Waals surface area contributed by atoms with E-state index in [1.54, 1.807) is 10.8 Å². The molecular weight excluding hydrogens is 616 g/mol. The van der Waals surface area contributed by atoms with Gasteiger partial charge in [-0.1, -0.05) is 158 Å². The normalized spacial score (nSPS) is 11.7. The summed E-state index contributed by atoms with van der Waals surface area (Å²) in [6, 6.07) is 48.3. The molecule has 0 unspecified atom stereocenters. The lowest BCUT2D eigenvalue weighted by Crippen LogP contribution is -2.39. The summed E-state index contributed by atoms with van der Waals surface area (Å²) in [5.74, 6) is 1.59. The van der Waals surface area contributed by atoms with Crippen LogP contribution in [-0.2, 0) is 18.5 Å². The Morgan fingerprint density at radius 3 is 1.81 bits per heavy atom. The molecule has 0 fully saturated rings. The Morgan fingerprint density at radius 2 is 1.23 bits per heavy atom. The largest absolute Gasteiger partial charge is 0.306 e. The van der Waals surface area contributed by atoms with E-state index < -0.39 is 5.54 Å². The van der Waals surface area contributed by atoms with Gasteiger partial charge >= 0.3 is 0 Å². The first kappa shape index (κ1) is 29.5. The van der Waals surface area contributed by atoms with Gasteiger partial charge in [-0.05, 0) is 43.8 Å². The predicted octanol–water partition coefficient (Wildman–Crippen LogP) is 7.96. The first-order chi connectivity index (χ1) is 23.7. The molecule has 0 radical (unpaired) electrons. The van der Waals surface area contributed by atoms with E-state index in [2.05, 4.69) is 142 Å². The van der Waals surface area contributed by atoms with Crippen LogP contribution >= 0.6 is 11.6 Å². The highest BCUT2D eigenvalue weighted by Gasteiger charge is 2.42. The molecule has 8 aromatic rings. The van der Waals surface area contributed by atoms with Gasteiger partial charge in [-0.25, -0.2) is 4.68 Å². The molecule has 48 heavy (non-hydrogen) atoms. The number of nitrogens with zero attached hydrogens (tertiary/aromatic N) is 8. The van der Waals surface area contributed by atoms with Gasteiger partial charge in [0.1, 0.15) is 16.4 Å². The molecule has 5 aromatic carbocycles. The van der Waals surface area contributed by atoms with Crippen LogP contribution in [0.1, 0.15) is 35.0 Å². The van der Waals surface area contributed by atoms with E-state index in [0.29, 0.717) is 17.4 Å². The second kappa shape index (κ2) is 12.4. The molecule has 0 amide bonds. The van der Waals surface area contributed by atoms with Crippen LogP contribution in [0.2, 0.25) is 5.02 Å². The first-order valence-corrected chi connectivity index (χ1v) is 16.3. The van der Waals surface area contributed by atoms with Crippen LogP contribution in [0.25, 0.3) is 28.2 Å². The van der Waals surface area contributed by atoms with Crippen LogP contribution in [0, 0.1) is 0 Å². The summed E-state index contributed by atoms with van der Waals surface area (Å²) in [7, 11) is 0. The van der Waals surface area contributed by atoms with Crippen LogP contribution in [-0.4, -0.2) is 39.6 Å². The minimum Gasteiger partial charge on any atom is -0.306 e. The Morgan fingerprint density at radius 1 is 0.667 bits per heavy atom. The molecule has 3 heterocycles. The lowest BCUT2D eigenvalue weighted by atomic mass is 9.77. The van der Waals surface area contributed by atoms with Crippen molar-refractivity contribution in [1.29, 1.82) is 0 Å². The van der Waals surface area contributed by atoms with Crippen LogP contribution in [0.4, 0.5) is 0 Å². The summed E-state index contributed by atoms with van der Waals surface area (Å²) in [5, 5.41) is 23.3. The van der Waals surface area contributed by atoms with Gasteiger partial charge in [0.2, 0.25) is 0 Å². The molecule has 8 nitrogen and oxygen atoms in total. The maximum Gasteiger partial charge on any atom is 0.184 e. The van der Waals surface area contributed by atoms with Crippen LogP contribution in [0.15, 0.2) is 146 Å². The zero-order valence-electron chi connectivity index (χ0n) is 26.2. The molecule has 9 heteroatoms. The third kappa shape index (κ3) is 4.89. The Balaban J connectivity index is 1.26. The average molecular weight is 647 g/mol. The van der Waals surface area contributed by atoms with E-state index in [-0.39, 0.29) is 0 Å². The SMILES string of the molecule is CCc1nn2ncc(Cl)c2n1Cc1ccc(-c2ccccc2-c2nnnn2C(c2ccccc2)(c2ccccc2)c2ccccc2)cc1. The lowest BCUT2D eigenvalue weighted by Gasteiger charge is -2.36. The van der Waals surface area contributed by atoms with E-state index in [1.165, 1.54) is 0 Å². The van der Waals surface area contributed by atoms with Crippen LogP contribution in [0.3, 0.4) is 0 Å². The van der Waals surface area contributed by atoms with Crippen LogP contribution < -0.4 is 0 Å². The summed E-state index contributed by atoms with van der Waals surface area (Å²) >= 11 is 6.49. The Hall–Kier alpha value is -5.86. The number of aryl methyl sites for hydroxylation is 1. The Labute approximate surface area is 282 Å². The van der Waals surface area contributed by atoms with Crippen molar-refractivity contribution in [2.24, 2.45) is 0 Å². The van der Waals surface area contributed by atoms with E-state index in [9.17, 15) is 0 Å². The van der Waals surface area contributed by atoms with E-state index in [0.717, 1.165) is 56.8 Å². The summed E-state index contributed by atoms with van der Waals surface area (Å²) in [6.07, 6.45) is 2.41. The number of hydrogen-bond acceptors (Lipinski definition) is 5. The van der Waals surface area contributed by atoms with Gasteiger partial charge in [-0.2, -0.15) is 5.10 Å². The third-order valence-corrected chi connectivity index (χ3v) is 9.18. The van der Waals surface area contributed by atoms with Crippen molar-refractivity contribution in [3.05, 3.63) is 179 Å². The summed E-state index contributed by atoms with van der Waals surface area (Å²) in [4.78, 5) is 0. The number of tetrazole rings is 1. The topological polar surface area (TPSA) is 78.7 Å². The van der Waals surface area contributed by atoms with Crippen molar-refractivity contribution in [1.82, 2.24) is 39.6 Å². The highest BCUT2D eigenvalue weighted by Crippen LogP contribution is 2.43. The molecule has 0 spiro atoms. The van der Waals surface area contributed by atoms with Gasteiger partial charge in [0, 0.05) is 12.0 Å². The number of benzene rings is 5. The molecule has 234 valence electrons. The second-order valence-electron chi connectivity index (χ2n) is 11.6. The molecule has 3 aromatic heterocycles. The van der Waals surface area contributed by atoms with E-state index >= 15 is 0 Å². The summed E-state index contributed by atoms with van der Waals surface area (Å²) in [6.45, 7) is 2.72. The van der Waals surface area contributed by atoms with Crippen molar-refractivity contribution in [2.45, 2.75) is 25.4 Å². The number of rotatable bonds is 9. The standard InChI is InChI=1S/C39H31ClN8/c1-2-36-43-48-38(35(40)26-41-48)46(36)27-28-22-24-29(25-23-28)33-20-12-13-21-34(33)37-42-44-45-47(37)39(30-14-6-3-7-15-30,31-16-8-4-9-17-31)32-18-10-5-11-19-32/h3-26H,2,27H2,1H3. The Bertz CT molecular complexity index is 2210. The molecule has 0 atom stereocenters. The van der Waals surface area contributed by atoms with Crippen molar-refractivity contribution >= 4 is 17.2 Å². The van der Waals surface area contributed by atoms with Gasteiger partial charge in [-0.3, -0.25) is 0 Å². The number of hydrogen-bond donors (Lipinski definition) is 0. The number of aromatic nitrogens is 8. The molecule has 0 saturated heterocycles. The molecule has 0 saturated carbocycles. The monoisotopic (exact) mass is 646 g/mol. The zero-order chi connectivity index (χ0) is 32.5. The molecule has 0 aliphatic heterocycles. The third-order valence-electron chi connectivity index (χ3n) is 8.91.